The second kappa shape index (κ2) is 8.42. The molecular weight excluding hydrogens is 376 g/mol. The maximum atomic E-state index is 12.5. The predicted octanol–water partition coefficient (Wildman–Crippen LogP) is 3.74. The lowest BCUT2D eigenvalue weighted by atomic mass is 9.87. The van der Waals surface area contributed by atoms with Gasteiger partial charge in [0.15, 0.2) is 0 Å². The molecule has 0 saturated heterocycles. The van der Waals surface area contributed by atoms with Crippen molar-refractivity contribution < 1.29 is 4.79 Å². The van der Waals surface area contributed by atoms with Crippen molar-refractivity contribution in [3.05, 3.63) is 59.9 Å². The van der Waals surface area contributed by atoms with E-state index in [0.717, 1.165) is 36.9 Å². The van der Waals surface area contributed by atoms with Crippen LogP contribution in [-0.4, -0.2) is 30.5 Å². The number of hydrogen-bond acceptors (Lipinski definition) is 4. The molecule has 7 heteroatoms. The number of carbonyl (C=O) groups excluding carboxylic acids is 1. The van der Waals surface area contributed by atoms with E-state index in [1.54, 1.807) is 11.0 Å². The monoisotopic (exact) mass is 406 g/mol. The van der Waals surface area contributed by atoms with Gasteiger partial charge in [-0.1, -0.05) is 32.9 Å². The smallest absolute Gasteiger partial charge is 0.220 e. The molecule has 7 nitrogen and oxygen atoms in total. The van der Waals surface area contributed by atoms with Crippen LogP contribution < -0.4 is 5.32 Å². The Balaban J connectivity index is 1.42. The number of carbonyl (C=O) groups is 1. The van der Waals surface area contributed by atoms with Crippen molar-refractivity contribution in [1.29, 1.82) is 0 Å². The molecular formula is C23H30N6O. The maximum absolute atomic E-state index is 12.5. The van der Waals surface area contributed by atoms with E-state index in [-0.39, 0.29) is 17.4 Å². The van der Waals surface area contributed by atoms with Gasteiger partial charge >= 0.3 is 0 Å². The van der Waals surface area contributed by atoms with Crippen molar-refractivity contribution in [2.45, 2.75) is 70.9 Å². The molecule has 2 aromatic heterocycles. The maximum Gasteiger partial charge on any atom is 0.220 e. The lowest BCUT2D eigenvalue weighted by Gasteiger charge is -2.24. The topological polar surface area (TPSA) is 77.6 Å². The number of nitrogens with one attached hydrogen (secondary N) is 1. The van der Waals surface area contributed by atoms with E-state index in [1.165, 1.54) is 17.6 Å². The van der Waals surface area contributed by atoms with E-state index in [0.29, 0.717) is 13.0 Å². The third-order valence-electron chi connectivity index (χ3n) is 5.75. The minimum absolute atomic E-state index is 0.0372. The van der Waals surface area contributed by atoms with Gasteiger partial charge in [0.1, 0.15) is 12.7 Å². The van der Waals surface area contributed by atoms with Crippen molar-refractivity contribution in [2.75, 3.05) is 0 Å². The number of amides is 1. The molecule has 0 aliphatic heterocycles. The summed E-state index contributed by atoms with van der Waals surface area (Å²) < 4.78 is 3.78. The fraction of sp³-hybridized carbons (Fsp3) is 0.478. The van der Waals surface area contributed by atoms with Gasteiger partial charge in [-0.25, -0.2) is 9.67 Å². The quantitative estimate of drug-likeness (QED) is 0.676. The zero-order valence-electron chi connectivity index (χ0n) is 18.0. The van der Waals surface area contributed by atoms with Crippen molar-refractivity contribution in [3.63, 3.8) is 0 Å². The summed E-state index contributed by atoms with van der Waals surface area (Å²) in [5.74, 6) is 0.0789. The summed E-state index contributed by atoms with van der Waals surface area (Å²) in [6.07, 6.45) is 9.31. The standard InChI is InChI=1S/C23H30N6O/c1-23(2,3)17-9-11-18(12-10-17)29-21-7-4-6-20(19(21)14-25-29)27-22(30)8-5-13-28-16-24-15-26-28/h9-12,14-16,20H,4-8,13H2,1-3H3,(H,27,30)/t20-/m0/s1. The lowest BCUT2D eigenvalue weighted by molar-refractivity contribution is -0.122. The third kappa shape index (κ3) is 4.45. The molecule has 1 aliphatic rings. The highest BCUT2D eigenvalue weighted by Gasteiger charge is 2.26. The predicted molar refractivity (Wildman–Crippen MR) is 115 cm³/mol. The van der Waals surface area contributed by atoms with Crippen LogP contribution in [0.4, 0.5) is 0 Å². The van der Waals surface area contributed by atoms with E-state index in [9.17, 15) is 4.79 Å². The van der Waals surface area contributed by atoms with Gasteiger partial charge in [-0.05, 0) is 48.8 Å². The van der Waals surface area contributed by atoms with Crippen LogP contribution in [0.25, 0.3) is 5.69 Å². The molecule has 3 aromatic rings. The Morgan fingerprint density at radius 1 is 1.20 bits per heavy atom. The van der Waals surface area contributed by atoms with Crippen molar-refractivity contribution in [2.24, 2.45) is 0 Å². The molecule has 1 amide bonds. The van der Waals surface area contributed by atoms with Crippen LogP contribution in [0.3, 0.4) is 0 Å². The zero-order valence-corrected chi connectivity index (χ0v) is 18.0. The van der Waals surface area contributed by atoms with Crippen LogP contribution in [-0.2, 0) is 23.2 Å². The molecule has 0 bridgehead atoms. The Bertz CT molecular complexity index is 982. The van der Waals surface area contributed by atoms with Gasteiger partial charge in [-0.2, -0.15) is 10.2 Å². The molecule has 0 saturated carbocycles. The van der Waals surface area contributed by atoms with Gasteiger partial charge in [0.25, 0.3) is 0 Å². The van der Waals surface area contributed by atoms with Gasteiger partial charge in [0.05, 0.1) is 17.9 Å². The van der Waals surface area contributed by atoms with E-state index < -0.39 is 0 Å². The first-order valence-electron chi connectivity index (χ1n) is 10.7. The molecule has 0 fully saturated rings. The van der Waals surface area contributed by atoms with Crippen LogP contribution in [0, 0.1) is 0 Å². The molecule has 30 heavy (non-hydrogen) atoms. The summed E-state index contributed by atoms with van der Waals surface area (Å²) in [4.78, 5) is 16.4. The normalized spacial score (nSPS) is 16.3. The second-order valence-electron chi connectivity index (χ2n) is 9.03. The first-order valence-corrected chi connectivity index (χ1v) is 10.7. The summed E-state index contributed by atoms with van der Waals surface area (Å²) in [7, 11) is 0. The average molecular weight is 407 g/mol. The van der Waals surface area contributed by atoms with E-state index >= 15 is 0 Å². The number of fused-ring (bicyclic) bond motifs is 1. The minimum atomic E-state index is 0.0372. The van der Waals surface area contributed by atoms with E-state index in [2.05, 4.69) is 65.5 Å². The van der Waals surface area contributed by atoms with Crippen LogP contribution in [0.15, 0.2) is 43.1 Å². The highest BCUT2D eigenvalue weighted by molar-refractivity contribution is 5.76. The molecule has 2 heterocycles. The van der Waals surface area contributed by atoms with Gasteiger partial charge in [0.2, 0.25) is 5.91 Å². The van der Waals surface area contributed by atoms with Crippen LogP contribution in [0.5, 0.6) is 0 Å². The number of aryl methyl sites for hydroxylation is 1. The van der Waals surface area contributed by atoms with Gasteiger partial charge in [-0.15, -0.1) is 0 Å². The summed E-state index contributed by atoms with van der Waals surface area (Å²) in [6, 6.07) is 8.68. The van der Waals surface area contributed by atoms with Crippen molar-refractivity contribution in [1.82, 2.24) is 29.9 Å². The molecule has 1 aliphatic carbocycles. The van der Waals surface area contributed by atoms with Crippen LogP contribution >= 0.6 is 0 Å². The van der Waals surface area contributed by atoms with Crippen molar-refractivity contribution >= 4 is 5.91 Å². The Labute approximate surface area is 177 Å². The molecule has 158 valence electrons. The summed E-state index contributed by atoms with van der Waals surface area (Å²) >= 11 is 0. The average Bonchev–Trinajstić information content (AvgIpc) is 3.38. The molecule has 1 aromatic carbocycles. The highest BCUT2D eigenvalue weighted by atomic mass is 16.1. The number of benzene rings is 1. The van der Waals surface area contributed by atoms with Crippen LogP contribution in [0.2, 0.25) is 0 Å². The first kappa shape index (κ1) is 20.3. The number of nitrogens with zero attached hydrogens (tertiary/aromatic N) is 5. The largest absolute Gasteiger partial charge is 0.349 e. The minimum Gasteiger partial charge on any atom is -0.349 e. The fourth-order valence-corrected chi connectivity index (χ4v) is 4.05. The summed E-state index contributed by atoms with van der Waals surface area (Å²) in [5, 5.41) is 11.9. The Kier molecular flexibility index (Phi) is 5.70. The Morgan fingerprint density at radius 3 is 2.70 bits per heavy atom. The number of aromatic nitrogens is 5. The van der Waals surface area contributed by atoms with E-state index in [1.807, 2.05) is 10.9 Å². The number of hydrogen-bond donors (Lipinski definition) is 1. The zero-order chi connectivity index (χ0) is 21.1. The first-order chi connectivity index (χ1) is 14.4. The van der Waals surface area contributed by atoms with E-state index in [4.69, 9.17) is 0 Å². The lowest BCUT2D eigenvalue weighted by Crippen LogP contribution is -2.31. The summed E-state index contributed by atoms with van der Waals surface area (Å²) in [6.45, 7) is 7.36. The Hall–Kier alpha value is -2.96. The van der Waals surface area contributed by atoms with Gasteiger partial charge < -0.3 is 5.32 Å². The molecule has 0 unspecified atom stereocenters. The summed E-state index contributed by atoms with van der Waals surface area (Å²) in [5.41, 5.74) is 4.86. The molecule has 0 spiro atoms. The molecule has 1 atom stereocenters. The van der Waals surface area contributed by atoms with Crippen molar-refractivity contribution in [3.8, 4) is 5.69 Å². The fourth-order valence-electron chi connectivity index (χ4n) is 4.05. The number of rotatable bonds is 6. The second-order valence-corrected chi connectivity index (χ2v) is 9.03. The molecule has 1 N–H and O–H groups in total. The third-order valence-corrected chi connectivity index (χ3v) is 5.75. The van der Waals surface area contributed by atoms with Gasteiger partial charge in [0, 0.05) is 24.2 Å². The van der Waals surface area contributed by atoms with Gasteiger partial charge in [-0.3, -0.25) is 9.48 Å². The highest BCUT2D eigenvalue weighted by Crippen LogP contribution is 2.32. The Morgan fingerprint density at radius 2 is 2.00 bits per heavy atom. The molecule has 0 radical (unpaired) electrons. The van der Waals surface area contributed by atoms with Crippen LogP contribution in [0.1, 0.15) is 69.3 Å². The SMILES string of the molecule is CC(C)(C)c1ccc(-n2ncc3c2CCC[C@@H]3NC(=O)CCCn2cncn2)cc1. The molecule has 4 rings (SSSR count).